The maximum atomic E-state index is 6.21. The Morgan fingerprint density at radius 2 is 1.92 bits per heavy atom. The zero-order chi connectivity index (χ0) is 9.84. The minimum absolute atomic E-state index is 0.350. The van der Waals surface area contributed by atoms with Crippen LogP contribution in [0.3, 0.4) is 0 Å². The predicted molar refractivity (Wildman–Crippen MR) is 57.7 cm³/mol. The van der Waals surface area contributed by atoms with E-state index in [4.69, 9.17) is 5.73 Å². The summed E-state index contributed by atoms with van der Waals surface area (Å²) >= 11 is 0. The maximum Gasteiger partial charge on any atom is 0.0246 e. The van der Waals surface area contributed by atoms with Crippen molar-refractivity contribution in [3.63, 3.8) is 0 Å². The highest BCUT2D eigenvalue weighted by molar-refractivity contribution is 4.84. The van der Waals surface area contributed by atoms with Crippen molar-refractivity contribution in [3.8, 4) is 0 Å². The molecule has 2 unspecified atom stereocenters. The second-order valence-electron chi connectivity index (χ2n) is 4.72. The van der Waals surface area contributed by atoms with Crippen molar-refractivity contribution in [2.75, 3.05) is 13.6 Å². The molecule has 0 spiro atoms. The van der Waals surface area contributed by atoms with Crippen molar-refractivity contribution in [3.05, 3.63) is 0 Å². The van der Waals surface area contributed by atoms with E-state index in [0.717, 1.165) is 0 Å². The van der Waals surface area contributed by atoms with Gasteiger partial charge in [0.2, 0.25) is 0 Å². The highest BCUT2D eigenvalue weighted by Crippen LogP contribution is 2.20. The minimum Gasteiger partial charge on any atom is -0.326 e. The molecule has 0 aromatic rings. The normalized spacial score (nSPS) is 28.8. The summed E-state index contributed by atoms with van der Waals surface area (Å²) in [5.41, 5.74) is 6.21. The fourth-order valence-electron chi connectivity index (χ4n) is 2.21. The number of likely N-dealkylation sites (N-methyl/N-ethyl adjacent to an activating group) is 1. The van der Waals surface area contributed by atoms with Gasteiger partial charge < -0.3 is 10.6 Å². The molecule has 78 valence electrons. The van der Waals surface area contributed by atoms with Crippen LogP contribution in [-0.2, 0) is 0 Å². The van der Waals surface area contributed by atoms with Crippen LogP contribution >= 0.6 is 0 Å². The van der Waals surface area contributed by atoms with Gasteiger partial charge in [-0.2, -0.15) is 0 Å². The van der Waals surface area contributed by atoms with Gasteiger partial charge in [-0.3, -0.25) is 0 Å². The van der Waals surface area contributed by atoms with E-state index in [1.807, 2.05) is 0 Å². The zero-order valence-electron chi connectivity index (χ0n) is 9.29. The molecule has 0 radical (unpaired) electrons. The smallest absolute Gasteiger partial charge is 0.0246 e. The van der Waals surface area contributed by atoms with Gasteiger partial charge in [-0.1, -0.05) is 26.7 Å². The monoisotopic (exact) mass is 184 g/mol. The molecule has 0 aromatic carbocycles. The standard InChI is InChI=1S/C11H24N2/c1-9(2)11(12)10-7-5-4-6-8-13(10)3/h9-11H,4-8,12H2,1-3H3. The molecule has 0 bridgehead atoms. The largest absolute Gasteiger partial charge is 0.326 e. The summed E-state index contributed by atoms with van der Waals surface area (Å²) in [7, 11) is 2.22. The summed E-state index contributed by atoms with van der Waals surface area (Å²) in [4.78, 5) is 2.46. The molecule has 0 aromatic heterocycles. The lowest BCUT2D eigenvalue weighted by atomic mass is 9.93. The van der Waals surface area contributed by atoms with Crippen LogP contribution in [0.5, 0.6) is 0 Å². The predicted octanol–water partition coefficient (Wildman–Crippen LogP) is 1.84. The Labute approximate surface area is 82.5 Å². The van der Waals surface area contributed by atoms with Gasteiger partial charge in [-0.15, -0.1) is 0 Å². The Morgan fingerprint density at radius 1 is 1.23 bits per heavy atom. The van der Waals surface area contributed by atoms with E-state index in [9.17, 15) is 0 Å². The molecule has 0 aliphatic carbocycles. The van der Waals surface area contributed by atoms with Gasteiger partial charge >= 0.3 is 0 Å². The molecule has 2 nitrogen and oxygen atoms in total. The van der Waals surface area contributed by atoms with E-state index >= 15 is 0 Å². The van der Waals surface area contributed by atoms with Crippen molar-refractivity contribution < 1.29 is 0 Å². The molecular formula is C11H24N2. The molecule has 0 saturated carbocycles. The van der Waals surface area contributed by atoms with Crippen LogP contribution in [-0.4, -0.2) is 30.6 Å². The van der Waals surface area contributed by atoms with Crippen LogP contribution in [0, 0.1) is 5.92 Å². The van der Waals surface area contributed by atoms with Crippen LogP contribution in [0.15, 0.2) is 0 Å². The van der Waals surface area contributed by atoms with E-state index in [2.05, 4.69) is 25.8 Å². The van der Waals surface area contributed by atoms with Crippen molar-refractivity contribution in [2.24, 2.45) is 11.7 Å². The summed E-state index contributed by atoms with van der Waals surface area (Å²) in [6, 6.07) is 0.964. The Kier molecular flexibility index (Phi) is 4.20. The Bertz CT molecular complexity index is 145. The minimum atomic E-state index is 0.350. The van der Waals surface area contributed by atoms with E-state index in [1.54, 1.807) is 0 Å². The van der Waals surface area contributed by atoms with E-state index in [-0.39, 0.29) is 0 Å². The summed E-state index contributed by atoms with van der Waals surface area (Å²) in [5.74, 6) is 0.602. The summed E-state index contributed by atoms with van der Waals surface area (Å²) in [6.07, 6.45) is 5.37. The SMILES string of the molecule is CC(C)C(N)C1CCCCCN1C. The van der Waals surface area contributed by atoms with Gasteiger partial charge in [0.1, 0.15) is 0 Å². The number of nitrogens with two attached hydrogens (primary N) is 1. The Balaban J connectivity index is 2.53. The van der Waals surface area contributed by atoms with E-state index < -0.39 is 0 Å². The molecule has 2 heteroatoms. The average Bonchev–Trinajstić information content (AvgIpc) is 2.28. The van der Waals surface area contributed by atoms with Crippen molar-refractivity contribution in [1.82, 2.24) is 4.90 Å². The van der Waals surface area contributed by atoms with Crippen LogP contribution in [0.25, 0.3) is 0 Å². The molecule has 1 aliphatic heterocycles. The van der Waals surface area contributed by atoms with Crippen LogP contribution in [0.2, 0.25) is 0 Å². The van der Waals surface area contributed by atoms with Gasteiger partial charge in [-0.25, -0.2) is 0 Å². The van der Waals surface area contributed by atoms with Gasteiger partial charge in [-0.05, 0) is 32.4 Å². The first-order valence-corrected chi connectivity index (χ1v) is 5.58. The maximum absolute atomic E-state index is 6.21. The van der Waals surface area contributed by atoms with E-state index in [0.29, 0.717) is 18.0 Å². The van der Waals surface area contributed by atoms with Gasteiger partial charge in [0.15, 0.2) is 0 Å². The first kappa shape index (κ1) is 11.0. The number of rotatable bonds is 2. The topological polar surface area (TPSA) is 29.3 Å². The van der Waals surface area contributed by atoms with Crippen molar-refractivity contribution in [2.45, 2.75) is 51.6 Å². The quantitative estimate of drug-likeness (QED) is 0.709. The van der Waals surface area contributed by atoms with Crippen LogP contribution < -0.4 is 5.73 Å². The molecular weight excluding hydrogens is 160 g/mol. The third-order valence-corrected chi connectivity index (χ3v) is 3.29. The third kappa shape index (κ3) is 2.96. The highest BCUT2D eigenvalue weighted by Gasteiger charge is 2.25. The van der Waals surface area contributed by atoms with Gasteiger partial charge in [0.05, 0.1) is 0 Å². The Morgan fingerprint density at radius 3 is 2.54 bits per heavy atom. The van der Waals surface area contributed by atoms with Crippen LogP contribution in [0.4, 0.5) is 0 Å². The molecule has 2 atom stereocenters. The molecule has 0 amide bonds. The van der Waals surface area contributed by atoms with Crippen molar-refractivity contribution in [1.29, 1.82) is 0 Å². The second-order valence-corrected chi connectivity index (χ2v) is 4.72. The zero-order valence-corrected chi connectivity index (χ0v) is 9.29. The first-order valence-electron chi connectivity index (χ1n) is 5.58. The van der Waals surface area contributed by atoms with Gasteiger partial charge in [0, 0.05) is 12.1 Å². The highest BCUT2D eigenvalue weighted by atomic mass is 15.1. The number of nitrogens with zero attached hydrogens (tertiary/aromatic N) is 1. The van der Waals surface area contributed by atoms with Gasteiger partial charge in [0.25, 0.3) is 0 Å². The summed E-state index contributed by atoms with van der Waals surface area (Å²) in [6.45, 7) is 5.68. The Hall–Kier alpha value is -0.0800. The average molecular weight is 184 g/mol. The lowest BCUT2D eigenvalue weighted by Crippen LogP contribution is -2.48. The molecule has 13 heavy (non-hydrogen) atoms. The first-order chi connectivity index (χ1) is 6.13. The summed E-state index contributed by atoms with van der Waals surface area (Å²) in [5, 5.41) is 0. The fourth-order valence-corrected chi connectivity index (χ4v) is 2.21. The van der Waals surface area contributed by atoms with E-state index in [1.165, 1.54) is 32.2 Å². The van der Waals surface area contributed by atoms with Crippen LogP contribution in [0.1, 0.15) is 39.5 Å². The molecule has 1 heterocycles. The van der Waals surface area contributed by atoms with Crippen molar-refractivity contribution >= 4 is 0 Å². The molecule has 1 saturated heterocycles. The third-order valence-electron chi connectivity index (χ3n) is 3.29. The fraction of sp³-hybridized carbons (Fsp3) is 1.00. The molecule has 1 aliphatic rings. The molecule has 2 N–H and O–H groups in total. The number of likely N-dealkylation sites (tertiary alicyclic amines) is 1. The summed E-state index contributed by atoms with van der Waals surface area (Å²) < 4.78 is 0. The molecule has 1 rings (SSSR count). The number of hydrogen-bond donors (Lipinski definition) is 1. The number of hydrogen-bond acceptors (Lipinski definition) is 2. The molecule has 1 fully saturated rings. The lowest BCUT2D eigenvalue weighted by molar-refractivity contribution is 0.189. The lowest BCUT2D eigenvalue weighted by Gasteiger charge is -2.33. The second kappa shape index (κ2) is 4.97.